The number of benzene rings is 1. The maximum absolute atomic E-state index is 13.2. The van der Waals surface area contributed by atoms with Crippen molar-refractivity contribution in [2.75, 3.05) is 6.54 Å². The Morgan fingerprint density at radius 1 is 1.26 bits per heavy atom. The second kappa shape index (κ2) is 8.79. The molecule has 0 aliphatic carbocycles. The highest BCUT2D eigenvalue weighted by Crippen LogP contribution is 2.29. The van der Waals surface area contributed by atoms with Crippen LogP contribution in [-0.4, -0.2) is 47.5 Å². The molecule has 0 spiro atoms. The minimum Gasteiger partial charge on any atom is -0.458 e. The molecular weight excluding hydrogens is 456 g/mol. The van der Waals surface area contributed by atoms with E-state index in [1.807, 2.05) is 36.1 Å². The fourth-order valence-electron chi connectivity index (χ4n) is 3.41. The smallest absolute Gasteiger partial charge is 0.324 e. The van der Waals surface area contributed by atoms with Crippen LogP contribution in [0.3, 0.4) is 0 Å². The molecule has 1 aliphatic heterocycles. The zero-order valence-corrected chi connectivity index (χ0v) is 19.5. The van der Waals surface area contributed by atoms with E-state index in [-0.39, 0.29) is 24.5 Å². The normalized spacial score (nSPS) is 19.6. The van der Waals surface area contributed by atoms with Crippen molar-refractivity contribution >= 4 is 38.7 Å². The van der Waals surface area contributed by atoms with E-state index in [2.05, 4.69) is 4.98 Å². The standard InChI is InChI=1S/C21H22N2O5S3/c1-13-3-4-18(7-14(13)2)31(26,27)23-9-17(24)8-19(23)21(25)28-10-16-12-30-20(22-16)15-5-6-29-11-15/h3-7,11-12,17,19,24H,8-10H2,1-2H3/t17-,19-/m1/s1. The van der Waals surface area contributed by atoms with Gasteiger partial charge in [0.05, 0.1) is 16.7 Å². The van der Waals surface area contributed by atoms with Crippen LogP contribution in [0, 0.1) is 13.8 Å². The quantitative estimate of drug-likeness (QED) is 0.546. The summed E-state index contributed by atoms with van der Waals surface area (Å²) in [6, 6.07) is 5.73. The van der Waals surface area contributed by atoms with Gasteiger partial charge < -0.3 is 9.84 Å². The van der Waals surface area contributed by atoms with Crippen LogP contribution in [0.2, 0.25) is 0 Å². The lowest BCUT2D eigenvalue weighted by molar-refractivity contribution is -0.149. The number of thiophene rings is 1. The molecule has 3 aromatic rings. The topological polar surface area (TPSA) is 96.8 Å². The Labute approximate surface area is 189 Å². The first kappa shape index (κ1) is 22.1. The Hall–Kier alpha value is -2.11. The van der Waals surface area contributed by atoms with E-state index >= 15 is 0 Å². The molecule has 1 aromatic carbocycles. The Bertz CT molecular complexity index is 1190. The molecule has 31 heavy (non-hydrogen) atoms. The average molecular weight is 479 g/mol. The molecule has 0 bridgehead atoms. The van der Waals surface area contributed by atoms with E-state index in [9.17, 15) is 18.3 Å². The number of hydrogen-bond donors (Lipinski definition) is 1. The molecule has 1 aliphatic rings. The Balaban J connectivity index is 1.48. The molecule has 7 nitrogen and oxygen atoms in total. The zero-order valence-electron chi connectivity index (χ0n) is 17.0. The minimum atomic E-state index is -3.95. The molecule has 0 unspecified atom stereocenters. The lowest BCUT2D eigenvalue weighted by Crippen LogP contribution is -2.41. The Morgan fingerprint density at radius 3 is 2.77 bits per heavy atom. The van der Waals surface area contributed by atoms with Gasteiger partial charge in [-0.05, 0) is 48.6 Å². The van der Waals surface area contributed by atoms with Gasteiger partial charge in [0.2, 0.25) is 10.0 Å². The van der Waals surface area contributed by atoms with Gasteiger partial charge in [0.15, 0.2) is 0 Å². The number of β-amino-alcohol motifs (C(OH)–C–C–N with tert-alkyl or cyclic N) is 1. The molecule has 4 rings (SSSR count). The van der Waals surface area contributed by atoms with Gasteiger partial charge in [0.25, 0.3) is 0 Å². The highest BCUT2D eigenvalue weighted by atomic mass is 32.2. The second-order valence-electron chi connectivity index (χ2n) is 7.49. The third kappa shape index (κ3) is 4.58. The minimum absolute atomic E-state index is 0.000125. The fraction of sp³-hybridized carbons (Fsp3) is 0.333. The van der Waals surface area contributed by atoms with Gasteiger partial charge in [-0.1, -0.05) is 6.07 Å². The number of aliphatic hydroxyl groups excluding tert-OH is 1. The number of nitrogens with zero attached hydrogens (tertiary/aromatic N) is 2. The molecule has 1 fully saturated rings. The zero-order chi connectivity index (χ0) is 22.2. The molecule has 0 saturated carbocycles. The van der Waals surface area contributed by atoms with Crippen LogP contribution in [0.4, 0.5) is 0 Å². The van der Waals surface area contributed by atoms with Crippen LogP contribution in [0.1, 0.15) is 23.2 Å². The van der Waals surface area contributed by atoms with Gasteiger partial charge in [-0.15, -0.1) is 11.3 Å². The molecule has 2 atom stereocenters. The van der Waals surface area contributed by atoms with Crippen molar-refractivity contribution in [2.45, 2.75) is 43.9 Å². The summed E-state index contributed by atoms with van der Waals surface area (Å²) >= 11 is 3.03. The van der Waals surface area contributed by atoms with Gasteiger partial charge >= 0.3 is 5.97 Å². The predicted molar refractivity (Wildman–Crippen MR) is 119 cm³/mol. The van der Waals surface area contributed by atoms with Crippen LogP contribution in [-0.2, 0) is 26.2 Å². The Kier molecular flexibility index (Phi) is 6.27. The van der Waals surface area contributed by atoms with Crippen molar-refractivity contribution in [2.24, 2.45) is 0 Å². The largest absolute Gasteiger partial charge is 0.458 e. The van der Waals surface area contributed by atoms with Gasteiger partial charge in [-0.3, -0.25) is 4.79 Å². The summed E-state index contributed by atoms with van der Waals surface area (Å²) in [6.07, 6.45) is -0.927. The van der Waals surface area contributed by atoms with Crippen molar-refractivity contribution in [3.8, 4) is 10.6 Å². The number of aliphatic hydroxyl groups is 1. The van der Waals surface area contributed by atoms with Crippen LogP contribution >= 0.6 is 22.7 Å². The van der Waals surface area contributed by atoms with Gasteiger partial charge in [0.1, 0.15) is 17.7 Å². The third-order valence-corrected chi connectivity index (χ3v) is 8.77. The summed E-state index contributed by atoms with van der Waals surface area (Å²) in [5.74, 6) is -0.686. The number of hydrogen-bond acceptors (Lipinski definition) is 8. The SMILES string of the molecule is Cc1ccc(S(=O)(=O)N2C[C@H](O)C[C@@H]2C(=O)OCc2csc(-c3ccsc3)n2)cc1C. The van der Waals surface area contributed by atoms with Gasteiger partial charge in [0, 0.05) is 29.3 Å². The number of carbonyl (C=O) groups excluding carboxylic acids is 1. The lowest BCUT2D eigenvalue weighted by Gasteiger charge is -2.22. The van der Waals surface area contributed by atoms with Crippen molar-refractivity contribution in [1.29, 1.82) is 0 Å². The molecule has 10 heteroatoms. The monoisotopic (exact) mass is 478 g/mol. The third-order valence-electron chi connectivity index (χ3n) is 5.27. The Morgan fingerprint density at radius 2 is 2.06 bits per heavy atom. The van der Waals surface area contributed by atoms with Crippen LogP contribution in [0.15, 0.2) is 45.3 Å². The highest BCUT2D eigenvalue weighted by molar-refractivity contribution is 7.89. The second-order valence-corrected chi connectivity index (χ2v) is 11.0. The number of thiazole rings is 1. The van der Waals surface area contributed by atoms with Crippen molar-refractivity contribution in [1.82, 2.24) is 9.29 Å². The van der Waals surface area contributed by atoms with E-state index in [1.54, 1.807) is 23.5 Å². The molecule has 164 valence electrons. The van der Waals surface area contributed by atoms with E-state index in [0.717, 1.165) is 26.0 Å². The molecule has 1 saturated heterocycles. The van der Waals surface area contributed by atoms with Crippen molar-refractivity contribution < 1.29 is 23.1 Å². The lowest BCUT2D eigenvalue weighted by atomic mass is 10.1. The number of aryl methyl sites for hydroxylation is 2. The summed E-state index contributed by atoms with van der Waals surface area (Å²) < 4.78 is 32.8. The number of ether oxygens (including phenoxy) is 1. The summed E-state index contributed by atoms with van der Waals surface area (Å²) in [5, 5.41) is 16.7. The number of carbonyl (C=O) groups is 1. The number of aromatic nitrogens is 1. The molecule has 1 N–H and O–H groups in total. The van der Waals surface area contributed by atoms with Crippen LogP contribution < -0.4 is 0 Å². The summed E-state index contributed by atoms with van der Waals surface area (Å²) in [7, 11) is -3.95. The maximum Gasteiger partial charge on any atom is 0.324 e. The van der Waals surface area contributed by atoms with Gasteiger partial charge in [-0.25, -0.2) is 13.4 Å². The van der Waals surface area contributed by atoms with Crippen LogP contribution in [0.5, 0.6) is 0 Å². The average Bonchev–Trinajstić information content (AvgIpc) is 3.48. The molecule has 0 radical (unpaired) electrons. The van der Waals surface area contributed by atoms with Crippen LogP contribution in [0.25, 0.3) is 10.6 Å². The van der Waals surface area contributed by atoms with Crippen molar-refractivity contribution in [3.05, 3.63) is 57.2 Å². The maximum atomic E-state index is 13.2. The van der Waals surface area contributed by atoms with E-state index in [1.165, 1.54) is 17.4 Å². The van der Waals surface area contributed by atoms with E-state index in [0.29, 0.717) is 5.69 Å². The molecular formula is C21H22N2O5S3. The number of esters is 1. The first-order chi connectivity index (χ1) is 14.8. The molecule has 2 aromatic heterocycles. The first-order valence-electron chi connectivity index (χ1n) is 9.66. The predicted octanol–water partition coefficient (Wildman–Crippen LogP) is 3.36. The molecule has 0 amide bonds. The summed E-state index contributed by atoms with van der Waals surface area (Å²) in [4.78, 5) is 17.3. The van der Waals surface area contributed by atoms with E-state index in [4.69, 9.17) is 4.74 Å². The molecule has 3 heterocycles. The first-order valence-corrected chi connectivity index (χ1v) is 12.9. The highest BCUT2D eigenvalue weighted by Gasteiger charge is 2.44. The summed E-state index contributed by atoms with van der Waals surface area (Å²) in [5.41, 5.74) is 3.42. The van der Waals surface area contributed by atoms with Gasteiger partial charge in [-0.2, -0.15) is 15.6 Å². The number of rotatable bonds is 6. The number of sulfonamides is 1. The fourth-order valence-corrected chi connectivity index (χ4v) is 6.64. The summed E-state index contributed by atoms with van der Waals surface area (Å²) in [6.45, 7) is 3.53. The van der Waals surface area contributed by atoms with Crippen molar-refractivity contribution in [3.63, 3.8) is 0 Å². The van der Waals surface area contributed by atoms with E-state index < -0.39 is 28.1 Å².